The van der Waals surface area contributed by atoms with Crippen molar-refractivity contribution >= 4 is 44.8 Å². The molecule has 0 saturated carbocycles. The topological polar surface area (TPSA) is 111 Å². The summed E-state index contributed by atoms with van der Waals surface area (Å²) in [6.45, 7) is 4.35. The molecule has 150 valence electrons. The van der Waals surface area contributed by atoms with Crippen LogP contribution in [0.25, 0.3) is 10.6 Å². The Kier molecular flexibility index (Phi) is 4.48. The summed E-state index contributed by atoms with van der Waals surface area (Å²) in [6, 6.07) is 5.62. The van der Waals surface area contributed by atoms with E-state index in [0.717, 1.165) is 20.6 Å². The van der Waals surface area contributed by atoms with Crippen molar-refractivity contribution < 1.29 is 13.2 Å². The summed E-state index contributed by atoms with van der Waals surface area (Å²) in [5.41, 5.74) is 0.651. The van der Waals surface area contributed by atoms with Gasteiger partial charge >= 0.3 is 0 Å². The lowest BCUT2D eigenvalue weighted by Crippen LogP contribution is -2.60. The highest BCUT2D eigenvalue weighted by Gasteiger charge is 2.44. The van der Waals surface area contributed by atoms with Crippen LogP contribution < -0.4 is 5.32 Å². The fourth-order valence-corrected chi connectivity index (χ4v) is 6.45. The minimum Gasteiger partial charge on any atom is -0.471 e. The molecule has 0 spiro atoms. The van der Waals surface area contributed by atoms with Gasteiger partial charge in [0.25, 0.3) is 0 Å². The molecule has 4 rings (SSSR count). The molecule has 0 aliphatic carbocycles. The van der Waals surface area contributed by atoms with Crippen molar-refractivity contribution in [2.75, 3.05) is 19.3 Å². The molecule has 11 heteroatoms. The van der Waals surface area contributed by atoms with Crippen LogP contribution in [0.2, 0.25) is 5.02 Å². The summed E-state index contributed by atoms with van der Waals surface area (Å²) in [6.07, 6.45) is 0.0669. The molecule has 0 amide bonds. The number of halogens is 1. The van der Waals surface area contributed by atoms with Crippen molar-refractivity contribution in [3.63, 3.8) is 0 Å². The van der Waals surface area contributed by atoms with Gasteiger partial charge in [0.2, 0.25) is 21.9 Å². The Bertz CT molecular complexity index is 1090. The minimum atomic E-state index is -3.60. The van der Waals surface area contributed by atoms with E-state index in [1.165, 1.54) is 18.4 Å². The van der Waals surface area contributed by atoms with Crippen LogP contribution in [0.1, 0.15) is 24.4 Å². The highest BCUT2D eigenvalue weighted by atomic mass is 35.5. The maximum Gasteiger partial charge on any atom is 0.239 e. The van der Waals surface area contributed by atoms with Crippen molar-refractivity contribution in [1.82, 2.24) is 14.6 Å². The number of hydrogen-bond donors (Lipinski definition) is 3. The Morgan fingerprint density at radius 3 is 2.79 bits per heavy atom. The van der Waals surface area contributed by atoms with Crippen LogP contribution in [0.5, 0.6) is 0 Å². The van der Waals surface area contributed by atoms with Gasteiger partial charge in [0, 0.05) is 7.05 Å². The number of aromatic nitrogens is 1. The zero-order valence-corrected chi connectivity index (χ0v) is 17.9. The second-order valence-electron chi connectivity index (χ2n) is 7.18. The molecule has 0 bridgehead atoms. The smallest absolute Gasteiger partial charge is 0.239 e. The van der Waals surface area contributed by atoms with Gasteiger partial charge in [-0.1, -0.05) is 11.6 Å². The van der Waals surface area contributed by atoms with Crippen molar-refractivity contribution in [1.29, 1.82) is 5.41 Å². The third kappa shape index (κ3) is 3.19. The van der Waals surface area contributed by atoms with E-state index in [0.29, 0.717) is 22.3 Å². The summed E-state index contributed by atoms with van der Waals surface area (Å²) in [7, 11) is -2.23. The van der Waals surface area contributed by atoms with Gasteiger partial charge in [-0.05, 0) is 32.0 Å². The Morgan fingerprint density at radius 1 is 1.43 bits per heavy atom. The number of guanidine groups is 1. The van der Waals surface area contributed by atoms with E-state index in [-0.39, 0.29) is 17.8 Å². The summed E-state index contributed by atoms with van der Waals surface area (Å²) >= 11 is 7.87. The predicted molar refractivity (Wildman–Crippen MR) is 111 cm³/mol. The van der Waals surface area contributed by atoms with E-state index in [2.05, 4.69) is 15.3 Å². The van der Waals surface area contributed by atoms with Crippen molar-refractivity contribution in [3.05, 3.63) is 33.8 Å². The molecule has 2 aliphatic heterocycles. The predicted octanol–water partition coefficient (Wildman–Crippen LogP) is 2.58. The molecule has 4 heterocycles. The van der Waals surface area contributed by atoms with Crippen LogP contribution in [0, 0.1) is 5.41 Å². The molecule has 2 aromatic heterocycles. The van der Waals surface area contributed by atoms with E-state index in [1.54, 1.807) is 13.0 Å². The van der Waals surface area contributed by atoms with Crippen LogP contribution >= 0.6 is 22.9 Å². The summed E-state index contributed by atoms with van der Waals surface area (Å²) in [5.74, 6) is 0.231. The number of aromatic amines is 1. The first-order chi connectivity index (χ1) is 13.1. The fraction of sp³-hybridized carbons (Fsp3) is 0.412. The first-order valence-corrected chi connectivity index (χ1v) is 11.4. The second-order valence-corrected chi connectivity index (χ2v) is 10.6. The zero-order chi connectivity index (χ0) is 20.3. The van der Waals surface area contributed by atoms with Crippen molar-refractivity contribution in [2.24, 2.45) is 4.99 Å². The first kappa shape index (κ1) is 19.3. The molecule has 0 radical (unpaired) electrons. The van der Waals surface area contributed by atoms with E-state index in [1.807, 2.05) is 19.1 Å². The largest absolute Gasteiger partial charge is 0.471 e. The van der Waals surface area contributed by atoms with E-state index in [9.17, 15) is 8.42 Å². The summed E-state index contributed by atoms with van der Waals surface area (Å²) < 4.78 is 31.5. The van der Waals surface area contributed by atoms with Gasteiger partial charge in [0.15, 0.2) is 0 Å². The number of H-pyrrole nitrogens is 1. The molecule has 8 nitrogen and oxygen atoms in total. The van der Waals surface area contributed by atoms with E-state index < -0.39 is 15.6 Å². The monoisotopic (exact) mass is 441 g/mol. The molecule has 2 aromatic rings. The lowest BCUT2D eigenvalue weighted by atomic mass is 10.0. The number of rotatable bonds is 3. The highest BCUT2D eigenvalue weighted by Crippen LogP contribution is 2.42. The van der Waals surface area contributed by atoms with Crippen LogP contribution in [-0.2, 0) is 20.3 Å². The second kappa shape index (κ2) is 6.50. The third-order valence-electron chi connectivity index (χ3n) is 4.77. The van der Waals surface area contributed by atoms with Crippen LogP contribution in [0.3, 0.4) is 0 Å². The molecule has 0 aromatic carbocycles. The highest BCUT2D eigenvalue weighted by molar-refractivity contribution is 7.89. The Balaban J connectivity index is 1.66. The quantitative estimate of drug-likeness (QED) is 0.679. The number of sulfonamides is 1. The average Bonchev–Trinajstić information content (AvgIpc) is 3.31. The number of nitrogens with one attached hydrogen (secondary N) is 3. The first-order valence-electron chi connectivity index (χ1n) is 8.63. The Morgan fingerprint density at radius 2 is 2.14 bits per heavy atom. The molecular weight excluding hydrogens is 422 g/mol. The maximum atomic E-state index is 12.4. The number of aliphatic imine (C=N–C) groups is 1. The molecule has 1 unspecified atom stereocenters. The third-order valence-corrected chi connectivity index (χ3v) is 8.57. The minimum absolute atomic E-state index is 0.0669. The number of nitrogens with zero attached hydrogens (tertiary/aromatic N) is 2. The standard InChI is InChI=1S/C17H20ClN5O3S2/c1-9-7-20-15(26-9)12-5-4-11(21-12)13-6-10(18)14(27-13)17(2)8-28(24,25)23(3)16(19)22-17/h4-6,9,21H,7-8H2,1-3H3,(H2,19,22)/t9?,17-/m0/s1. The number of hydrogen-bond acceptors (Lipinski definition) is 6. The van der Waals surface area contributed by atoms with Gasteiger partial charge in [0.1, 0.15) is 11.8 Å². The van der Waals surface area contributed by atoms with E-state index >= 15 is 0 Å². The number of ether oxygens (including phenoxy) is 1. The maximum absolute atomic E-state index is 12.4. The van der Waals surface area contributed by atoms with Crippen molar-refractivity contribution in [3.8, 4) is 10.6 Å². The molecule has 2 atom stereocenters. The fourth-order valence-electron chi connectivity index (χ4n) is 3.27. The van der Waals surface area contributed by atoms with Crippen LogP contribution in [0.4, 0.5) is 0 Å². The molecule has 28 heavy (non-hydrogen) atoms. The Labute approximate surface area is 172 Å². The summed E-state index contributed by atoms with van der Waals surface area (Å²) in [4.78, 5) is 9.19. The van der Waals surface area contributed by atoms with Gasteiger partial charge in [-0.3, -0.25) is 5.41 Å². The Hall–Kier alpha value is -2.04. The lowest BCUT2D eigenvalue weighted by molar-refractivity contribution is 0.246. The van der Waals surface area contributed by atoms with Crippen LogP contribution in [-0.4, -0.2) is 55.0 Å². The van der Waals surface area contributed by atoms with Gasteiger partial charge in [0.05, 0.1) is 38.3 Å². The molecule has 1 saturated heterocycles. The average molecular weight is 442 g/mol. The van der Waals surface area contributed by atoms with Gasteiger partial charge in [-0.2, -0.15) is 0 Å². The molecule has 3 N–H and O–H groups in total. The SMILES string of the molecule is CC1CN=C(c2ccc(-c3cc(Cl)c([C@]4(C)CS(=O)(=O)N(C)C(=N)N4)s3)[nH]2)O1. The molecule has 2 aliphatic rings. The van der Waals surface area contributed by atoms with Crippen LogP contribution in [0.15, 0.2) is 23.2 Å². The lowest BCUT2D eigenvalue weighted by Gasteiger charge is -2.39. The van der Waals surface area contributed by atoms with Gasteiger partial charge < -0.3 is 15.0 Å². The van der Waals surface area contributed by atoms with Crippen molar-refractivity contribution in [2.45, 2.75) is 25.5 Å². The summed E-state index contributed by atoms with van der Waals surface area (Å²) in [5, 5.41) is 11.4. The zero-order valence-electron chi connectivity index (χ0n) is 15.5. The van der Waals surface area contributed by atoms with Gasteiger partial charge in [-0.25, -0.2) is 17.7 Å². The molecule has 1 fully saturated rings. The van der Waals surface area contributed by atoms with Gasteiger partial charge in [-0.15, -0.1) is 11.3 Å². The number of thiophene rings is 1. The molecular formula is C17H20ClN5O3S2. The normalized spacial score (nSPS) is 26.7. The van der Waals surface area contributed by atoms with E-state index in [4.69, 9.17) is 21.7 Å².